The Kier molecular flexibility index (Phi) is 5.20. The fourth-order valence-corrected chi connectivity index (χ4v) is 5.04. The summed E-state index contributed by atoms with van der Waals surface area (Å²) < 4.78 is 12.7. The molecule has 1 aliphatic heterocycles. The van der Waals surface area contributed by atoms with Gasteiger partial charge in [-0.1, -0.05) is 62.4 Å². The summed E-state index contributed by atoms with van der Waals surface area (Å²) in [5.74, 6) is 0. The van der Waals surface area contributed by atoms with Crippen molar-refractivity contribution >= 4 is 24.0 Å². The third kappa shape index (κ3) is 3.55. The molecular weight excluding hydrogens is 417 g/mol. The molecule has 3 nitrogen and oxygen atoms in total. The molecule has 3 aromatic carbocycles. The third-order valence-corrected chi connectivity index (χ3v) is 8.05. The first-order valence-corrected chi connectivity index (χ1v) is 12.2. The van der Waals surface area contributed by atoms with Crippen LogP contribution in [0.3, 0.4) is 0 Å². The topological polar surface area (TPSA) is 30.8 Å². The van der Waals surface area contributed by atoms with Crippen molar-refractivity contribution in [2.75, 3.05) is 0 Å². The van der Waals surface area contributed by atoms with Gasteiger partial charge in [0, 0.05) is 11.1 Å². The smallest absolute Gasteiger partial charge is 0.399 e. The first kappa shape index (κ1) is 23.1. The van der Waals surface area contributed by atoms with Gasteiger partial charge in [-0.3, -0.25) is 4.99 Å². The Morgan fingerprint density at radius 2 is 1.35 bits per heavy atom. The lowest BCUT2D eigenvalue weighted by molar-refractivity contribution is 0.00578. The molecule has 0 N–H and O–H groups in total. The Bertz CT molecular complexity index is 1300. The van der Waals surface area contributed by atoms with E-state index in [1.807, 2.05) is 6.07 Å². The van der Waals surface area contributed by atoms with E-state index in [1.54, 1.807) is 0 Å². The molecule has 1 fully saturated rings. The number of benzene rings is 3. The van der Waals surface area contributed by atoms with Crippen molar-refractivity contribution in [1.82, 2.24) is 0 Å². The zero-order chi connectivity index (χ0) is 24.5. The lowest BCUT2D eigenvalue weighted by Crippen LogP contribution is -2.41. The van der Waals surface area contributed by atoms with E-state index in [4.69, 9.17) is 14.3 Å². The minimum atomic E-state index is -0.353. The van der Waals surface area contributed by atoms with Crippen LogP contribution in [0, 0.1) is 6.92 Å². The van der Waals surface area contributed by atoms with Crippen LogP contribution in [-0.2, 0) is 14.7 Å². The molecule has 0 radical (unpaired) electrons. The third-order valence-electron chi connectivity index (χ3n) is 8.05. The molecule has 34 heavy (non-hydrogen) atoms. The van der Waals surface area contributed by atoms with Crippen molar-refractivity contribution in [3.63, 3.8) is 0 Å². The number of aliphatic imine (C=N–C) groups is 1. The minimum absolute atomic E-state index is 0.122. The summed E-state index contributed by atoms with van der Waals surface area (Å²) in [6.07, 6.45) is 0. The number of hydrogen-bond donors (Lipinski definition) is 0. The standard InChI is InChI=1S/C30H34BNO2/c1-19-11-9-10-12-27(19)32-20(2)21-13-15-23-24-16-14-22(18-26(24)28(3,4)25(23)17-21)31-33-29(5,6)30(7,8)34-31/h9-18H,1-8H3. The molecule has 1 heterocycles. The molecule has 0 amide bonds. The summed E-state index contributed by atoms with van der Waals surface area (Å²) in [5, 5.41) is 0. The van der Waals surface area contributed by atoms with Crippen molar-refractivity contribution in [3.8, 4) is 11.1 Å². The highest BCUT2D eigenvalue weighted by Gasteiger charge is 2.52. The molecule has 0 atom stereocenters. The van der Waals surface area contributed by atoms with Crippen LogP contribution in [0.4, 0.5) is 5.69 Å². The SMILES string of the molecule is CC(=Nc1ccccc1C)c1ccc2c(c1)C(C)(C)c1cc(B3OC(C)(C)C(C)(C)O3)ccc1-2. The number of para-hydroxylation sites is 1. The Labute approximate surface area is 204 Å². The van der Waals surface area contributed by atoms with Gasteiger partial charge in [0.25, 0.3) is 0 Å². The Morgan fingerprint density at radius 3 is 2.00 bits per heavy atom. The highest BCUT2D eigenvalue weighted by Crippen LogP contribution is 2.49. The first-order valence-electron chi connectivity index (χ1n) is 12.2. The van der Waals surface area contributed by atoms with Gasteiger partial charge >= 0.3 is 7.12 Å². The predicted molar refractivity (Wildman–Crippen MR) is 143 cm³/mol. The van der Waals surface area contributed by atoms with E-state index in [9.17, 15) is 0 Å². The highest BCUT2D eigenvalue weighted by atomic mass is 16.7. The minimum Gasteiger partial charge on any atom is -0.399 e. The van der Waals surface area contributed by atoms with E-state index in [-0.39, 0.29) is 23.7 Å². The summed E-state index contributed by atoms with van der Waals surface area (Å²) in [7, 11) is -0.353. The molecular formula is C30H34BNO2. The zero-order valence-corrected chi connectivity index (χ0v) is 21.6. The van der Waals surface area contributed by atoms with Crippen molar-refractivity contribution < 1.29 is 9.31 Å². The summed E-state index contributed by atoms with van der Waals surface area (Å²) in [5.41, 5.74) is 9.91. The van der Waals surface area contributed by atoms with Gasteiger partial charge in [0.05, 0.1) is 16.9 Å². The molecule has 2 aliphatic rings. The fourth-order valence-electron chi connectivity index (χ4n) is 5.04. The van der Waals surface area contributed by atoms with Gasteiger partial charge in [0.1, 0.15) is 0 Å². The Balaban J connectivity index is 1.51. The van der Waals surface area contributed by atoms with Crippen LogP contribution >= 0.6 is 0 Å². The van der Waals surface area contributed by atoms with Crippen LogP contribution in [0.15, 0.2) is 65.7 Å². The van der Waals surface area contributed by atoms with Crippen LogP contribution in [0.2, 0.25) is 0 Å². The summed E-state index contributed by atoms with van der Waals surface area (Å²) >= 11 is 0. The predicted octanol–water partition coefficient (Wildman–Crippen LogP) is 6.74. The van der Waals surface area contributed by atoms with Crippen molar-refractivity contribution in [2.24, 2.45) is 4.99 Å². The zero-order valence-electron chi connectivity index (χ0n) is 21.6. The lowest BCUT2D eigenvalue weighted by Gasteiger charge is -2.32. The van der Waals surface area contributed by atoms with Gasteiger partial charge in [-0.25, -0.2) is 0 Å². The molecule has 3 aromatic rings. The van der Waals surface area contributed by atoms with Crippen molar-refractivity contribution in [3.05, 3.63) is 82.9 Å². The quantitative estimate of drug-likeness (QED) is 0.326. The number of aryl methyl sites for hydroxylation is 1. The number of fused-ring (bicyclic) bond motifs is 3. The molecule has 0 bridgehead atoms. The van der Waals surface area contributed by atoms with Gasteiger partial charge in [-0.05, 0) is 92.5 Å². The fraction of sp³-hybridized carbons (Fsp3) is 0.367. The summed E-state index contributed by atoms with van der Waals surface area (Å²) in [6, 6.07) is 21.7. The van der Waals surface area contributed by atoms with Gasteiger partial charge in [0.15, 0.2) is 0 Å². The molecule has 0 spiro atoms. The molecule has 0 saturated carbocycles. The van der Waals surface area contributed by atoms with Gasteiger partial charge < -0.3 is 9.31 Å². The maximum atomic E-state index is 6.33. The van der Waals surface area contributed by atoms with E-state index in [2.05, 4.69) is 110 Å². The van der Waals surface area contributed by atoms with Gasteiger partial charge in [0.2, 0.25) is 0 Å². The van der Waals surface area contributed by atoms with E-state index >= 15 is 0 Å². The number of hydrogen-bond acceptors (Lipinski definition) is 3. The Morgan fingerprint density at radius 1 is 0.765 bits per heavy atom. The van der Waals surface area contributed by atoms with Crippen LogP contribution < -0.4 is 5.46 Å². The van der Waals surface area contributed by atoms with Crippen LogP contribution in [0.1, 0.15) is 70.7 Å². The molecule has 5 rings (SSSR count). The maximum absolute atomic E-state index is 6.33. The second kappa shape index (κ2) is 7.66. The monoisotopic (exact) mass is 451 g/mol. The molecule has 0 aromatic heterocycles. The second-order valence-electron chi connectivity index (χ2n) is 11.3. The van der Waals surface area contributed by atoms with Gasteiger partial charge in [-0.2, -0.15) is 0 Å². The highest BCUT2D eigenvalue weighted by molar-refractivity contribution is 6.62. The normalized spacial score (nSPS) is 19.8. The van der Waals surface area contributed by atoms with Crippen molar-refractivity contribution in [2.45, 2.75) is 72.0 Å². The molecule has 0 unspecified atom stereocenters. The van der Waals surface area contributed by atoms with Crippen LogP contribution in [0.5, 0.6) is 0 Å². The van der Waals surface area contributed by atoms with Crippen molar-refractivity contribution in [1.29, 1.82) is 0 Å². The van der Waals surface area contributed by atoms with E-state index in [0.717, 1.165) is 22.4 Å². The van der Waals surface area contributed by atoms with Gasteiger partial charge in [-0.15, -0.1) is 0 Å². The molecule has 4 heteroatoms. The number of rotatable bonds is 3. The lowest BCUT2D eigenvalue weighted by atomic mass is 9.74. The first-order chi connectivity index (χ1) is 15.9. The second-order valence-corrected chi connectivity index (χ2v) is 11.3. The molecule has 1 saturated heterocycles. The van der Waals surface area contributed by atoms with E-state index in [0.29, 0.717) is 0 Å². The van der Waals surface area contributed by atoms with Crippen LogP contribution in [0.25, 0.3) is 11.1 Å². The molecule has 174 valence electrons. The maximum Gasteiger partial charge on any atom is 0.494 e. The summed E-state index contributed by atoms with van der Waals surface area (Å²) in [6.45, 7) is 17.2. The average molecular weight is 451 g/mol. The Hall–Kier alpha value is -2.69. The van der Waals surface area contributed by atoms with E-state index < -0.39 is 0 Å². The number of nitrogens with zero attached hydrogens (tertiary/aromatic N) is 1. The van der Waals surface area contributed by atoms with E-state index in [1.165, 1.54) is 27.8 Å². The molecule has 1 aliphatic carbocycles. The summed E-state index contributed by atoms with van der Waals surface area (Å²) in [4.78, 5) is 4.93. The average Bonchev–Trinajstić information content (AvgIpc) is 3.14. The van der Waals surface area contributed by atoms with Crippen LogP contribution in [-0.4, -0.2) is 24.0 Å². The largest absolute Gasteiger partial charge is 0.494 e.